The molecule has 1 heterocycles. The Morgan fingerprint density at radius 1 is 1.56 bits per heavy atom. The standard InChI is InChI=1S/C9H10BrClF3NS/c1-15-6(2-3-9(12,13)14)7-4-5(11)8(10)16-7/h4,6,15H,2-3H2,1H3. The number of hydrogen-bond donors (Lipinski definition) is 1. The second-order valence-electron chi connectivity index (χ2n) is 3.27. The lowest BCUT2D eigenvalue weighted by Gasteiger charge is -2.15. The molecule has 0 aromatic carbocycles. The van der Waals surface area contributed by atoms with Gasteiger partial charge in [0.05, 0.1) is 8.81 Å². The number of rotatable bonds is 4. The summed E-state index contributed by atoms with van der Waals surface area (Å²) in [6.07, 6.45) is -4.90. The minimum atomic E-state index is -4.12. The van der Waals surface area contributed by atoms with Crippen LogP contribution in [0.25, 0.3) is 0 Å². The highest BCUT2D eigenvalue weighted by molar-refractivity contribution is 9.11. The van der Waals surface area contributed by atoms with Crippen LogP contribution in [0.4, 0.5) is 13.2 Å². The van der Waals surface area contributed by atoms with Crippen LogP contribution >= 0.6 is 38.9 Å². The highest BCUT2D eigenvalue weighted by atomic mass is 79.9. The Kier molecular flexibility index (Phi) is 5.10. The van der Waals surface area contributed by atoms with Gasteiger partial charge < -0.3 is 5.32 Å². The second-order valence-corrected chi connectivity index (χ2v) is 6.07. The molecule has 0 saturated heterocycles. The SMILES string of the molecule is CNC(CCC(F)(F)F)c1cc(Cl)c(Br)s1. The molecule has 0 fully saturated rings. The lowest BCUT2D eigenvalue weighted by molar-refractivity contribution is -0.136. The minimum Gasteiger partial charge on any atom is -0.312 e. The minimum absolute atomic E-state index is 0.0171. The number of alkyl halides is 3. The van der Waals surface area contributed by atoms with Crippen molar-refractivity contribution in [2.24, 2.45) is 0 Å². The van der Waals surface area contributed by atoms with Gasteiger partial charge in [0.15, 0.2) is 0 Å². The Balaban J connectivity index is 2.68. The zero-order valence-electron chi connectivity index (χ0n) is 8.37. The highest BCUT2D eigenvalue weighted by Crippen LogP contribution is 2.37. The Labute approximate surface area is 109 Å². The van der Waals surface area contributed by atoms with Crippen LogP contribution in [0, 0.1) is 0 Å². The average Bonchev–Trinajstić information content (AvgIpc) is 2.46. The molecule has 92 valence electrons. The normalized spacial score (nSPS) is 14.1. The van der Waals surface area contributed by atoms with E-state index in [1.165, 1.54) is 11.3 Å². The predicted molar refractivity (Wildman–Crippen MR) is 64.1 cm³/mol. The van der Waals surface area contributed by atoms with Gasteiger partial charge in [-0.25, -0.2) is 0 Å². The van der Waals surface area contributed by atoms with Crippen LogP contribution in [0.1, 0.15) is 23.8 Å². The summed E-state index contributed by atoms with van der Waals surface area (Å²) in [4.78, 5) is 0.809. The monoisotopic (exact) mass is 335 g/mol. The molecular weight excluding hydrogens is 327 g/mol. The zero-order chi connectivity index (χ0) is 12.3. The summed E-state index contributed by atoms with van der Waals surface area (Å²) in [5.74, 6) is 0. The maximum atomic E-state index is 12.1. The summed E-state index contributed by atoms with van der Waals surface area (Å²) in [7, 11) is 1.64. The van der Waals surface area contributed by atoms with E-state index in [0.717, 1.165) is 8.66 Å². The number of halogens is 5. The first-order valence-electron chi connectivity index (χ1n) is 4.52. The summed E-state index contributed by atoms with van der Waals surface area (Å²) in [5.41, 5.74) is 0. The lowest BCUT2D eigenvalue weighted by Crippen LogP contribution is -2.18. The number of nitrogens with one attached hydrogen (secondary N) is 1. The van der Waals surface area contributed by atoms with Crippen molar-refractivity contribution in [2.75, 3.05) is 7.05 Å². The summed E-state index contributed by atoms with van der Waals surface area (Å²) in [5, 5.41) is 3.40. The second kappa shape index (κ2) is 5.71. The lowest BCUT2D eigenvalue weighted by atomic mass is 10.1. The molecule has 16 heavy (non-hydrogen) atoms. The van der Waals surface area contributed by atoms with E-state index in [1.54, 1.807) is 13.1 Å². The predicted octanol–water partition coefficient (Wildman–Crippen LogP) is 4.77. The van der Waals surface area contributed by atoms with Crippen LogP contribution in [-0.2, 0) is 0 Å². The molecule has 0 aliphatic heterocycles. The van der Waals surface area contributed by atoms with Gasteiger partial charge >= 0.3 is 6.18 Å². The molecule has 1 atom stereocenters. The third-order valence-electron chi connectivity index (χ3n) is 2.07. The van der Waals surface area contributed by atoms with E-state index in [-0.39, 0.29) is 12.5 Å². The van der Waals surface area contributed by atoms with Gasteiger partial charge in [-0.05, 0) is 35.5 Å². The zero-order valence-corrected chi connectivity index (χ0v) is 11.5. The molecule has 0 aliphatic carbocycles. The van der Waals surface area contributed by atoms with E-state index in [0.29, 0.717) is 5.02 Å². The van der Waals surface area contributed by atoms with E-state index in [1.807, 2.05) is 0 Å². The van der Waals surface area contributed by atoms with Crippen molar-refractivity contribution in [3.63, 3.8) is 0 Å². The van der Waals surface area contributed by atoms with Crippen molar-refractivity contribution in [1.29, 1.82) is 0 Å². The van der Waals surface area contributed by atoms with Gasteiger partial charge in [0.25, 0.3) is 0 Å². The Morgan fingerprint density at radius 2 is 2.19 bits per heavy atom. The first-order valence-corrected chi connectivity index (χ1v) is 6.51. The molecule has 0 saturated carbocycles. The van der Waals surface area contributed by atoms with Crippen LogP contribution < -0.4 is 5.32 Å². The highest BCUT2D eigenvalue weighted by Gasteiger charge is 2.28. The van der Waals surface area contributed by atoms with Gasteiger partial charge in [-0.15, -0.1) is 11.3 Å². The van der Waals surface area contributed by atoms with Crippen LogP contribution in [0.15, 0.2) is 9.85 Å². The molecule has 7 heteroatoms. The fourth-order valence-corrected chi connectivity index (χ4v) is 3.16. The van der Waals surface area contributed by atoms with Crippen molar-refractivity contribution in [2.45, 2.75) is 25.1 Å². The van der Waals surface area contributed by atoms with Crippen molar-refractivity contribution < 1.29 is 13.2 Å². The third-order valence-corrected chi connectivity index (χ3v) is 4.66. The molecule has 1 unspecified atom stereocenters. The summed E-state index contributed by atoms with van der Waals surface area (Å²) in [6.45, 7) is 0. The first kappa shape index (κ1) is 14.3. The van der Waals surface area contributed by atoms with Gasteiger partial charge in [-0.3, -0.25) is 0 Å². The van der Waals surface area contributed by atoms with Gasteiger partial charge in [-0.1, -0.05) is 11.6 Å². The molecule has 0 aliphatic rings. The Bertz CT molecular complexity index is 334. The molecular formula is C9H10BrClF3NS. The van der Waals surface area contributed by atoms with E-state index in [2.05, 4.69) is 21.2 Å². The van der Waals surface area contributed by atoms with Gasteiger partial charge in [0.2, 0.25) is 0 Å². The van der Waals surface area contributed by atoms with E-state index in [4.69, 9.17) is 11.6 Å². The van der Waals surface area contributed by atoms with E-state index >= 15 is 0 Å². The van der Waals surface area contributed by atoms with Crippen LogP contribution in [-0.4, -0.2) is 13.2 Å². The molecule has 1 N–H and O–H groups in total. The van der Waals surface area contributed by atoms with Crippen LogP contribution in [0.3, 0.4) is 0 Å². The van der Waals surface area contributed by atoms with Gasteiger partial charge in [0, 0.05) is 17.3 Å². The molecule has 1 rings (SSSR count). The Morgan fingerprint density at radius 3 is 2.56 bits per heavy atom. The molecule has 1 aromatic rings. The molecule has 0 spiro atoms. The molecule has 0 bridgehead atoms. The fourth-order valence-electron chi connectivity index (χ4n) is 1.27. The largest absolute Gasteiger partial charge is 0.389 e. The summed E-state index contributed by atoms with van der Waals surface area (Å²) in [6, 6.07) is 1.38. The van der Waals surface area contributed by atoms with Crippen molar-refractivity contribution in [3.05, 3.63) is 19.8 Å². The van der Waals surface area contributed by atoms with Crippen molar-refractivity contribution in [1.82, 2.24) is 5.32 Å². The van der Waals surface area contributed by atoms with E-state index < -0.39 is 12.6 Å². The fraction of sp³-hybridized carbons (Fsp3) is 0.556. The Hall–Kier alpha value is 0.220. The molecule has 1 aromatic heterocycles. The topological polar surface area (TPSA) is 12.0 Å². The maximum Gasteiger partial charge on any atom is 0.389 e. The summed E-state index contributed by atoms with van der Waals surface area (Å²) < 4.78 is 37.0. The van der Waals surface area contributed by atoms with E-state index in [9.17, 15) is 13.2 Å². The molecule has 0 amide bonds. The third kappa shape index (κ3) is 4.24. The smallest absolute Gasteiger partial charge is 0.312 e. The van der Waals surface area contributed by atoms with Crippen molar-refractivity contribution in [3.8, 4) is 0 Å². The van der Waals surface area contributed by atoms with Crippen molar-refractivity contribution >= 4 is 38.9 Å². The van der Waals surface area contributed by atoms with Gasteiger partial charge in [0.1, 0.15) is 0 Å². The summed E-state index contributed by atoms with van der Waals surface area (Å²) >= 11 is 10.4. The first-order chi connectivity index (χ1) is 7.33. The van der Waals surface area contributed by atoms with Crippen LogP contribution in [0.5, 0.6) is 0 Å². The number of hydrogen-bond acceptors (Lipinski definition) is 2. The van der Waals surface area contributed by atoms with Crippen LogP contribution in [0.2, 0.25) is 5.02 Å². The van der Waals surface area contributed by atoms with Gasteiger partial charge in [-0.2, -0.15) is 13.2 Å². The average molecular weight is 337 g/mol. The quantitative estimate of drug-likeness (QED) is 0.835. The molecule has 0 radical (unpaired) electrons. The maximum absolute atomic E-state index is 12.1. The number of thiophene rings is 1. The molecule has 1 nitrogen and oxygen atoms in total.